The van der Waals surface area contributed by atoms with Crippen molar-refractivity contribution in [3.05, 3.63) is 90.3 Å². The fourth-order valence-corrected chi connectivity index (χ4v) is 3.76. The molecule has 2 heterocycles. The number of benzene rings is 2. The van der Waals surface area contributed by atoms with Crippen LogP contribution >= 0.6 is 0 Å². The first-order chi connectivity index (χ1) is 12.2. The third kappa shape index (κ3) is 3.01. The molecule has 2 aromatic carbocycles. The highest BCUT2D eigenvalue weighted by molar-refractivity contribution is 5.89. The number of cyclic esters (lactones) is 1. The number of esters is 1. The number of carbonyl (C=O) groups excluding carboxylic acids is 1. The molecule has 0 aliphatic carbocycles. The predicted octanol–water partition coefficient (Wildman–Crippen LogP) is -0.382. The standard InChI is InChI=1S/C21H21N2O2.ClH/c1-22-13-8-14-23(22)16-19-15-21(20(24)25-19,17-9-4-2-5-10-17)18-11-6-3-7-12-18;/h2-14,19H,15-16H2,1H3;1H/q+1;/p-1. The Balaban J connectivity index is 0.00000196. The molecule has 1 unspecified atom stereocenters. The number of aromatic nitrogens is 2. The van der Waals surface area contributed by atoms with E-state index in [4.69, 9.17) is 4.74 Å². The van der Waals surface area contributed by atoms with E-state index in [2.05, 4.69) is 4.68 Å². The van der Waals surface area contributed by atoms with Gasteiger partial charge in [0.05, 0.1) is 6.20 Å². The molecule has 0 radical (unpaired) electrons. The van der Waals surface area contributed by atoms with E-state index in [1.807, 2.05) is 90.9 Å². The van der Waals surface area contributed by atoms with Gasteiger partial charge in [0.2, 0.25) is 0 Å². The molecule has 1 fully saturated rings. The lowest BCUT2D eigenvalue weighted by Crippen LogP contribution is -3.00. The highest BCUT2D eigenvalue weighted by atomic mass is 35.5. The van der Waals surface area contributed by atoms with Gasteiger partial charge in [-0.05, 0) is 11.1 Å². The van der Waals surface area contributed by atoms with E-state index in [0.29, 0.717) is 13.0 Å². The Hall–Kier alpha value is -2.59. The Morgan fingerprint density at radius 2 is 1.62 bits per heavy atom. The second-order valence-corrected chi connectivity index (χ2v) is 6.56. The average Bonchev–Trinajstić information content (AvgIpc) is 3.20. The van der Waals surface area contributed by atoms with E-state index in [1.54, 1.807) is 0 Å². The van der Waals surface area contributed by atoms with E-state index in [-0.39, 0.29) is 24.5 Å². The average molecular weight is 369 g/mol. The molecule has 134 valence electrons. The fraction of sp³-hybridized carbons (Fsp3) is 0.238. The van der Waals surface area contributed by atoms with Gasteiger partial charge in [0.1, 0.15) is 18.1 Å². The Labute approximate surface area is 159 Å². The first-order valence-corrected chi connectivity index (χ1v) is 8.53. The van der Waals surface area contributed by atoms with Crippen molar-refractivity contribution in [1.29, 1.82) is 0 Å². The summed E-state index contributed by atoms with van der Waals surface area (Å²) in [7, 11) is 1.98. The van der Waals surface area contributed by atoms with Crippen molar-refractivity contribution < 1.29 is 26.6 Å². The molecule has 3 aromatic rings. The van der Waals surface area contributed by atoms with Crippen LogP contribution in [0.15, 0.2) is 79.1 Å². The first-order valence-electron chi connectivity index (χ1n) is 8.53. The van der Waals surface area contributed by atoms with E-state index in [9.17, 15) is 4.79 Å². The number of rotatable bonds is 4. The molecule has 0 saturated carbocycles. The molecule has 1 aromatic heterocycles. The van der Waals surface area contributed by atoms with Crippen molar-refractivity contribution in [2.75, 3.05) is 0 Å². The first kappa shape index (κ1) is 18.2. The summed E-state index contributed by atoms with van der Waals surface area (Å²) >= 11 is 0. The smallest absolute Gasteiger partial charge is 0.321 e. The van der Waals surface area contributed by atoms with Crippen LogP contribution in [0.1, 0.15) is 17.5 Å². The maximum absolute atomic E-state index is 13.1. The number of halogens is 1. The van der Waals surface area contributed by atoms with Crippen LogP contribution in [0.25, 0.3) is 0 Å². The lowest BCUT2D eigenvalue weighted by Gasteiger charge is -2.26. The summed E-state index contributed by atoms with van der Waals surface area (Å²) in [4.78, 5) is 13.1. The Morgan fingerprint density at radius 1 is 1.04 bits per heavy atom. The van der Waals surface area contributed by atoms with E-state index in [1.165, 1.54) is 0 Å². The Morgan fingerprint density at radius 3 is 2.12 bits per heavy atom. The minimum atomic E-state index is -0.737. The van der Waals surface area contributed by atoms with Crippen LogP contribution in [-0.4, -0.2) is 16.8 Å². The van der Waals surface area contributed by atoms with Gasteiger partial charge in [0.15, 0.2) is 13.2 Å². The zero-order valence-corrected chi connectivity index (χ0v) is 15.3. The number of ether oxygens (including phenoxy) is 1. The molecule has 26 heavy (non-hydrogen) atoms. The molecule has 4 nitrogen and oxygen atoms in total. The number of nitrogens with zero attached hydrogens (tertiary/aromatic N) is 2. The van der Waals surface area contributed by atoms with Crippen molar-refractivity contribution in [1.82, 2.24) is 4.68 Å². The van der Waals surface area contributed by atoms with Gasteiger partial charge in [-0.3, -0.25) is 4.79 Å². The zero-order valence-electron chi connectivity index (χ0n) is 14.6. The third-order valence-corrected chi connectivity index (χ3v) is 5.05. The van der Waals surface area contributed by atoms with Crippen molar-refractivity contribution >= 4 is 5.97 Å². The third-order valence-electron chi connectivity index (χ3n) is 5.05. The molecule has 0 bridgehead atoms. The van der Waals surface area contributed by atoms with E-state index < -0.39 is 5.41 Å². The van der Waals surface area contributed by atoms with Crippen molar-refractivity contribution in [2.45, 2.75) is 24.5 Å². The van der Waals surface area contributed by atoms with E-state index in [0.717, 1.165) is 11.1 Å². The van der Waals surface area contributed by atoms with Gasteiger partial charge in [0.25, 0.3) is 0 Å². The minimum absolute atomic E-state index is 0. The van der Waals surface area contributed by atoms with Crippen molar-refractivity contribution in [3.63, 3.8) is 0 Å². The molecule has 0 amide bonds. The highest BCUT2D eigenvalue weighted by Crippen LogP contribution is 2.43. The van der Waals surface area contributed by atoms with Gasteiger partial charge in [-0.15, -0.1) is 4.68 Å². The largest absolute Gasteiger partial charge is 1.00 e. The summed E-state index contributed by atoms with van der Waals surface area (Å²) in [5.74, 6) is -0.162. The van der Waals surface area contributed by atoms with Crippen LogP contribution in [-0.2, 0) is 28.5 Å². The second kappa shape index (κ2) is 7.34. The molecule has 0 spiro atoms. The minimum Gasteiger partial charge on any atom is -1.00 e. The van der Waals surface area contributed by atoms with Gasteiger partial charge >= 0.3 is 5.97 Å². The topological polar surface area (TPSA) is 35.1 Å². The molecule has 5 heteroatoms. The second-order valence-electron chi connectivity index (χ2n) is 6.56. The summed E-state index contributed by atoms with van der Waals surface area (Å²) in [6, 6.07) is 21.9. The molecule has 0 N–H and O–H groups in total. The predicted molar refractivity (Wildman–Crippen MR) is 93.8 cm³/mol. The molecular formula is C21H21ClN2O2. The Kier molecular flexibility index (Phi) is 5.14. The van der Waals surface area contributed by atoms with Crippen molar-refractivity contribution in [2.24, 2.45) is 7.05 Å². The van der Waals surface area contributed by atoms with Gasteiger partial charge in [0, 0.05) is 12.5 Å². The van der Waals surface area contributed by atoms with Crippen LogP contribution < -0.4 is 17.1 Å². The summed E-state index contributed by atoms with van der Waals surface area (Å²) in [5.41, 5.74) is 1.25. The maximum Gasteiger partial charge on any atom is 0.321 e. The molecule has 1 aliphatic rings. The number of hydrogen-bond donors (Lipinski definition) is 0. The highest BCUT2D eigenvalue weighted by Gasteiger charge is 2.51. The summed E-state index contributed by atoms with van der Waals surface area (Å²) < 4.78 is 9.90. The SMILES string of the molecule is C[n+]1cccn1CC1CC(c2ccccc2)(c2ccccc2)C(=O)O1.[Cl-]. The van der Waals surface area contributed by atoms with Crippen LogP contribution in [0.2, 0.25) is 0 Å². The van der Waals surface area contributed by atoms with Gasteiger partial charge in [-0.1, -0.05) is 60.7 Å². The fourth-order valence-electron chi connectivity index (χ4n) is 3.76. The quantitative estimate of drug-likeness (QED) is 0.465. The van der Waals surface area contributed by atoms with Crippen LogP contribution in [0.4, 0.5) is 0 Å². The maximum atomic E-state index is 13.1. The molecular weight excluding hydrogens is 348 g/mol. The lowest BCUT2D eigenvalue weighted by atomic mass is 9.72. The van der Waals surface area contributed by atoms with Crippen LogP contribution in [0, 0.1) is 0 Å². The van der Waals surface area contributed by atoms with Crippen molar-refractivity contribution in [3.8, 4) is 0 Å². The summed E-state index contributed by atoms with van der Waals surface area (Å²) in [5, 5.41) is 0. The van der Waals surface area contributed by atoms with Crippen LogP contribution in [0.3, 0.4) is 0 Å². The normalized spacial score (nSPS) is 18.2. The molecule has 1 aliphatic heterocycles. The molecule has 1 saturated heterocycles. The summed E-state index contributed by atoms with van der Waals surface area (Å²) in [6.45, 7) is 0.649. The van der Waals surface area contributed by atoms with Gasteiger partial charge in [-0.2, -0.15) is 4.68 Å². The Bertz CT molecular complexity index is 838. The van der Waals surface area contributed by atoms with Gasteiger partial charge in [-0.25, -0.2) is 0 Å². The molecule has 4 rings (SSSR count). The van der Waals surface area contributed by atoms with Gasteiger partial charge < -0.3 is 17.1 Å². The molecule has 1 atom stereocenters. The lowest BCUT2D eigenvalue weighted by molar-refractivity contribution is -0.754. The number of hydrogen-bond acceptors (Lipinski definition) is 2. The number of aryl methyl sites for hydroxylation is 1. The summed E-state index contributed by atoms with van der Waals surface area (Å²) in [6.07, 6.45) is 4.46. The zero-order chi connectivity index (χ0) is 17.3. The monoisotopic (exact) mass is 368 g/mol. The van der Waals surface area contributed by atoms with Crippen LogP contribution in [0.5, 0.6) is 0 Å². The number of carbonyl (C=O) groups is 1. The van der Waals surface area contributed by atoms with E-state index >= 15 is 0 Å².